The van der Waals surface area contributed by atoms with Gasteiger partial charge in [0, 0.05) is 30.3 Å². The molecule has 1 aromatic rings. The summed E-state index contributed by atoms with van der Waals surface area (Å²) < 4.78 is 1.80. The SMILES string of the molecule is CC1Cc2c(cn(C)c2Cl)C1=O. The van der Waals surface area contributed by atoms with Gasteiger partial charge in [-0.3, -0.25) is 4.79 Å². The van der Waals surface area contributed by atoms with Crippen molar-refractivity contribution in [2.24, 2.45) is 13.0 Å². The molecule has 3 heteroatoms. The Labute approximate surface area is 76.1 Å². The summed E-state index contributed by atoms with van der Waals surface area (Å²) in [6.07, 6.45) is 2.62. The smallest absolute Gasteiger partial charge is 0.167 e. The number of halogens is 1. The minimum absolute atomic E-state index is 0.119. The summed E-state index contributed by atoms with van der Waals surface area (Å²) in [5.41, 5.74) is 1.84. The van der Waals surface area contributed by atoms with Crippen molar-refractivity contribution >= 4 is 17.4 Å². The highest BCUT2D eigenvalue weighted by Crippen LogP contribution is 2.32. The molecule has 0 bridgehead atoms. The second kappa shape index (κ2) is 2.36. The maximum absolute atomic E-state index is 11.5. The Kier molecular flexibility index (Phi) is 1.55. The highest BCUT2D eigenvalue weighted by Gasteiger charge is 2.30. The third kappa shape index (κ3) is 0.845. The lowest BCUT2D eigenvalue weighted by Crippen LogP contribution is -2.04. The average Bonchev–Trinajstić information content (AvgIpc) is 2.43. The van der Waals surface area contributed by atoms with E-state index in [1.807, 2.05) is 20.2 Å². The van der Waals surface area contributed by atoms with Crippen LogP contribution < -0.4 is 0 Å². The maximum Gasteiger partial charge on any atom is 0.167 e. The monoisotopic (exact) mass is 183 g/mol. The van der Waals surface area contributed by atoms with Crippen LogP contribution in [0.15, 0.2) is 6.20 Å². The average molecular weight is 184 g/mol. The minimum atomic E-state index is 0.119. The first-order valence-corrected chi connectivity index (χ1v) is 4.37. The van der Waals surface area contributed by atoms with Gasteiger partial charge in [0.05, 0.1) is 0 Å². The summed E-state index contributed by atoms with van der Waals surface area (Å²) in [5.74, 6) is 0.348. The Morgan fingerprint density at radius 1 is 1.67 bits per heavy atom. The molecule has 1 unspecified atom stereocenters. The van der Waals surface area contributed by atoms with Crippen molar-refractivity contribution in [3.63, 3.8) is 0 Å². The fraction of sp³-hybridized carbons (Fsp3) is 0.444. The fourth-order valence-corrected chi connectivity index (χ4v) is 1.95. The van der Waals surface area contributed by atoms with Gasteiger partial charge in [0.1, 0.15) is 5.15 Å². The lowest BCUT2D eigenvalue weighted by molar-refractivity contribution is 0.0945. The number of aryl methyl sites for hydroxylation is 1. The van der Waals surface area contributed by atoms with Crippen molar-refractivity contribution in [1.82, 2.24) is 4.57 Å². The van der Waals surface area contributed by atoms with Gasteiger partial charge in [-0.15, -0.1) is 0 Å². The van der Waals surface area contributed by atoms with E-state index >= 15 is 0 Å². The Morgan fingerprint density at radius 2 is 2.33 bits per heavy atom. The normalized spacial score (nSPS) is 21.6. The van der Waals surface area contributed by atoms with Gasteiger partial charge < -0.3 is 4.57 Å². The number of hydrogen-bond acceptors (Lipinski definition) is 1. The fourth-order valence-electron chi connectivity index (χ4n) is 1.72. The number of ketones is 1. The van der Waals surface area contributed by atoms with Crippen molar-refractivity contribution in [2.75, 3.05) is 0 Å². The second-order valence-corrected chi connectivity index (χ2v) is 3.75. The number of hydrogen-bond donors (Lipinski definition) is 0. The summed E-state index contributed by atoms with van der Waals surface area (Å²) in [5, 5.41) is 0.711. The lowest BCUT2D eigenvalue weighted by Gasteiger charge is -1.99. The molecule has 1 atom stereocenters. The van der Waals surface area contributed by atoms with Crippen LogP contribution in [0.25, 0.3) is 0 Å². The summed E-state index contributed by atoms with van der Waals surface area (Å²) in [6, 6.07) is 0. The van der Waals surface area contributed by atoms with E-state index in [0.29, 0.717) is 5.15 Å². The topological polar surface area (TPSA) is 22.0 Å². The van der Waals surface area contributed by atoms with Crippen LogP contribution in [0, 0.1) is 5.92 Å². The Bertz CT molecular complexity index is 354. The Morgan fingerprint density at radius 3 is 2.92 bits per heavy atom. The molecule has 0 aromatic carbocycles. The number of aromatic nitrogens is 1. The summed E-state index contributed by atoms with van der Waals surface area (Å²) in [7, 11) is 1.86. The van der Waals surface area contributed by atoms with Crippen molar-refractivity contribution in [2.45, 2.75) is 13.3 Å². The first-order chi connectivity index (χ1) is 5.61. The van der Waals surface area contributed by atoms with Crippen molar-refractivity contribution in [1.29, 1.82) is 0 Å². The number of rotatable bonds is 0. The largest absolute Gasteiger partial charge is 0.341 e. The van der Waals surface area contributed by atoms with Crippen LogP contribution in [0.3, 0.4) is 0 Å². The van der Waals surface area contributed by atoms with Crippen LogP contribution in [0.2, 0.25) is 5.15 Å². The molecule has 0 N–H and O–H groups in total. The Hall–Kier alpha value is -0.760. The predicted molar refractivity (Wildman–Crippen MR) is 47.6 cm³/mol. The number of fused-ring (bicyclic) bond motifs is 1. The third-order valence-electron chi connectivity index (χ3n) is 2.43. The first kappa shape index (κ1) is 7.87. The van der Waals surface area contributed by atoms with E-state index < -0.39 is 0 Å². The molecule has 1 aromatic heterocycles. The Balaban J connectivity index is 2.59. The van der Waals surface area contributed by atoms with E-state index in [9.17, 15) is 4.79 Å². The van der Waals surface area contributed by atoms with Crippen LogP contribution in [0.1, 0.15) is 22.8 Å². The molecule has 1 heterocycles. The highest BCUT2D eigenvalue weighted by molar-refractivity contribution is 6.31. The molecular formula is C9H10ClNO. The van der Waals surface area contributed by atoms with Gasteiger partial charge >= 0.3 is 0 Å². The summed E-state index contributed by atoms with van der Waals surface area (Å²) in [4.78, 5) is 11.5. The van der Waals surface area contributed by atoms with Gasteiger partial charge in [-0.2, -0.15) is 0 Å². The van der Waals surface area contributed by atoms with Crippen LogP contribution in [-0.2, 0) is 13.5 Å². The van der Waals surface area contributed by atoms with Gasteiger partial charge in [-0.25, -0.2) is 0 Å². The first-order valence-electron chi connectivity index (χ1n) is 3.99. The molecule has 1 aliphatic rings. The number of carbonyl (C=O) groups excluding carboxylic acids is 1. The molecule has 0 spiro atoms. The quantitative estimate of drug-likeness (QED) is 0.604. The van der Waals surface area contributed by atoms with Crippen molar-refractivity contribution < 1.29 is 4.79 Å². The van der Waals surface area contributed by atoms with E-state index in [2.05, 4.69) is 0 Å². The van der Waals surface area contributed by atoms with Gasteiger partial charge in [-0.05, 0) is 6.42 Å². The molecule has 64 valence electrons. The molecule has 12 heavy (non-hydrogen) atoms. The molecule has 2 nitrogen and oxygen atoms in total. The molecule has 0 saturated heterocycles. The summed E-state index contributed by atoms with van der Waals surface area (Å²) in [6.45, 7) is 1.94. The zero-order valence-corrected chi connectivity index (χ0v) is 7.85. The molecule has 2 rings (SSSR count). The number of Topliss-reactive ketones (excluding diaryl/α,β-unsaturated/α-hetero) is 1. The maximum atomic E-state index is 11.5. The predicted octanol–water partition coefficient (Wildman–Crippen LogP) is 2.05. The third-order valence-corrected chi connectivity index (χ3v) is 2.92. The van der Waals surface area contributed by atoms with Crippen LogP contribution in [0.4, 0.5) is 0 Å². The van der Waals surface area contributed by atoms with E-state index in [4.69, 9.17) is 11.6 Å². The molecule has 1 aliphatic carbocycles. The molecule has 0 radical (unpaired) electrons. The van der Waals surface area contributed by atoms with Crippen molar-refractivity contribution in [3.05, 3.63) is 22.5 Å². The molecule has 0 amide bonds. The molecular weight excluding hydrogens is 174 g/mol. The number of carbonyl (C=O) groups is 1. The molecule has 0 saturated carbocycles. The molecule has 0 fully saturated rings. The van der Waals surface area contributed by atoms with Crippen LogP contribution >= 0.6 is 11.6 Å². The highest BCUT2D eigenvalue weighted by atomic mass is 35.5. The summed E-state index contributed by atoms with van der Waals surface area (Å²) >= 11 is 6.00. The van der Waals surface area contributed by atoms with Gasteiger partial charge in [0.15, 0.2) is 5.78 Å². The zero-order valence-electron chi connectivity index (χ0n) is 7.10. The number of nitrogens with zero attached hydrogens (tertiary/aromatic N) is 1. The van der Waals surface area contributed by atoms with E-state index in [1.165, 1.54) is 0 Å². The van der Waals surface area contributed by atoms with E-state index in [0.717, 1.165) is 17.5 Å². The van der Waals surface area contributed by atoms with E-state index in [1.54, 1.807) is 4.57 Å². The minimum Gasteiger partial charge on any atom is -0.341 e. The molecule has 0 aliphatic heterocycles. The zero-order chi connectivity index (χ0) is 8.88. The van der Waals surface area contributed by atoms with Gasteiger partial charge in [0.2, 0.25) is 0 Å². The van der Waals surface area contributed by atoms with Gasteiger partial charge in [-0.1, -0.05) is 18.5 Å². The van der Waals surface area contributed by atoms with Gasteiger partial charge in [0.25, 0.3) is 0 Å². The lowest BCUT2D eigenvalue weighted by atomic mass is 10.1. The van der Waals surface area contributed by atoms with Crippen LogP contribution in [0.5, 0.6) is 0 Å². The van der Waals surface area contributed by atoms with Crippen LogP contribution in [-0.4, -0.2) is 10.4 Å². The standard InChI is InChI=1S/C9H10ClNO/c1-5-3-6-7(8(5)12)4-11(2)9(6)10/h4-5H,3H2,1-2H3. The van der Waals surface area contributed by atoms with E-state index in [-0.39, 0.29) is 11.7 Å². The second-order valence-electron chi connectivity index (χ2n) is 3.39. The van der Waals surface area contributed by atoms with Crippen molar-refractivity contribution in [3.8, 4) is 0 Å².